The summed E-state index contributed by atoms with van der Waals surface area (Å²) in [4.78, 5) is 25.9. The number of methoxy groups -OCH3 is 1. The predicted molar refractivity (Wildman–Crippen MR) is 203 cm³/mol. The molecule has 2 aliphatic heterocycles. The van der Waals surface area contributed by atoms with Crippen molar-refractivity contribution in [1.29, 1.82) is 0 Å². The molecule has 324 valence electrons. The molecule has 18 unspecified atom stereocenters. The molecule has 0 bridgehead atoms. The van der Waals surface area contributed by atoms with Crippen LogP contribution in [0.4, 0.5) is 0 Å². The number of esters is 1. The van der Waals surface area contributed by atoms with Gasteiger partial charge in [0.2, 0.25) is 0 Å². The zero-order chi connectivity index (χ0) is 41.8. The molecule has 2 saturated heterocycles. The molecular formula is C43H68O14. The van der Waals surface area contributed by atoms with Crippen LogP contribution in [-0.4, -0.2) is 129 Å². The number of carbonyl (C=O) groups excluding carboxylic acids is 1. The van der Waals surface area contributed by atoms with Gasteiger partial charge in [0, 0.05) is 0 Å². The van der Waals surface area contributed by atoms with Gasteiger partial charge in [0.1, 0.15) is 42.7 Å². The Hall–Kier alpha value is -1.72. The van der Waals surface area contributed by atoms with Gasteiger partial charge in [0.05, 0.1) is 25.2 Å². The molecule has 0 amide bonds. The van der Waals surface area contributed by atoms with Crippen LogP contribution in [0.3, 0.4) is 0 Å². The first-order valence-corrected chi connectivity index (χ1v) is 21.2. The Bertz CT molecular complexity index is 1580. The van der Waals surface area contributed by atoms with E-state index in [1.165, 1.54) is 5.57 Å². The van der Waals surface area contributed by atoms with E-state index in [-0.39, 0.29) is 33.5 Å². The van der Waals surface area contributed by atoms with Crippen LogP contribution in [0.1, 0.15) is 113 Å². The molecule has 7 rings (SSSR count). The monoisotopic (exact) mass is 808 g/mol. The molecule has 0 spiro atoms. The van der Waals surface area contributed by atoms with E-state index in [0.29, 0.717) is 18.8 Å². The highest BCUT2D eigenvalue weighted by molar-refractivity contribution is 5.77. The highest BCUT2D eigenvalue weighted by Crippen LogP contribution is 2.76. The zero-order valence-electron chi connectivity index (χ0n) is 34.9. The summed E-state index contributed by atoms with van der Waals surface area (Å²) >= 11 is 0. The van der Waals surface area contributed by atoms with Crippen LogP contribution < -0.4 is 0 Å². The lowest BCUT2D eigenvalue weighted by molar-refractivity contribution is -0.374. The summed E-state index contributed by atoms with van der Waals surface area (Å²) in [5, 5.41) is 74.5. The van der Waals surface area contributed by atoms with Crippen molar-refractivity contribution in [3.05, 3.63) is 11.6 Å². The number of carbonyl (C=O) groups is 2. The van der Waals surface area contributed by atoms with Gasteiger partial charge in [-0.05, 0) is 109 Å². The Morgan fingerprint density at radius 2 is 1.46 bits per heavy atom. The molecule has 57 heavy (non-hydrogen) atoms. The van der Waals surface area contributed by atoms with Crippen molar-refractivity contribution in [2.24, 2.45) is 50.2 Å². The van der Waals surface area contributed by atoms with E-state index < -0.39 is 96.9 Å². The van der Waals surface area contributed by atoms with Crippen LogP contribution in [0.25, 0.3) is 0 Å². The van der Waals surface area contributed by atoms with Gasteiger partial charge >= 0.3 is 11.9 Å². The summed E-state index contributed by atoms with van der Waals surface area (Å²) < 4.78 is 29.3. The van der Waals surface area contributed by atoms with E-state index >= 15 is 0 Å². The Labute approximate surface area is 336 Å². The third-order valence-electron chi connectivity index (χ3n) is 17.4. The minimum absolute atomic E-state index is 0.0257. The lowest BCUT2D eigenvalue weighted by atomic mass is 9.33. The number of allylic oxidation sites excluding steroid dienone is 2. The summed E-state index contributed by atoms with van der Waals surface area (Å²) in [6.07, 6.45) is -6.09. The highest BCUT2D eigenvalue weighted by Gasteiger charge is 2.70. The van der Waals surface area contributed by atoms with Gasteiger partial charge in [-0.1, -0.05) is 60.1 Å². The standard InChI is InChI=1S/C43H68O14/c1-38(2)15-17-43(37(51)52)18-16-41(6)21(22(43)19-38)9-10-25-40(5)13-12-26(39(3,4)24(40)11-14-42(25,41)7)55-36-33(30(48)29(47)32(56-36)34(50)53-8)57-35-31(49)28(46)27(45)23(20-44)54-35/h9,22-33,35-36,44-49H,10-20H2,1-8H3,(H,51,52). The van der Waals surface area contributed by atoms with Crippen LogP contribution >= 0.6 is 0 Å². The third kappa shape index (κ3) is 6.48. The number of fused-ring (bicyclic) bond motifs is 7. The van der Waals surface area contributed by atoms with Crippen molar-refractivity contribution in [3.8, 4) is 0 Å². The van der Waals surface area contributed by atoms with Crippen molar-refractivity contribution >= 4 is 11.9 Å². The smallest absolute Gasteiger partial charge is 0.337 e. The number of hydrogen-bond acceptors (Lipinski definition) is 13. The number of aliphatic hydroxyl groups is 6. The fourth-order valence-electron chi connectivity index (χ4n) is 13.7. The molecule has 4 saturated carbocycles. The molecule has 0 aromatic rings. The van der Waals surface area contributed by atoms with Crippen LogP contribution in [0.2, 0.25) is 0 Å². The second kappa shape index (κ2) is 14.7. The number of aliphatic hydroxyl groups excluding tert-OH is 6. The SMILES string of the molecule is COC(=O)C1OC(OC2CCC3(C)C(CCC4(C)C3CC=C3C5CC(C)(C)CCC5(C(=O)O)CCC34C)C2(C)C)C(OC2OC(CO)C(O)C(O)C2O)C(O)C1O. The second-order valence-corrected chi connectivity index (χ2v) is 20.9. The van der Waals surface area contributed by atoms with Crippen LogP contribution in [-0.2, 0) is 33.3 Å². The van der Waals surface area contributed by atoms with E-state index in [1.807, 2.05) is 0 Å². The van der Waals surface area contributed by atoms with E-state index in [2.05, 4.69) is 54.5 Å². The van der Waals surface area contributed by atoms with Gasteiger partial charge in [-0.15, -0.1) is 0 Å². The fraction of sp³-hybridized carbons (Fsp3) is 0.907. The zero-order valence-corrected chi connectivity index (χ0v) is 34.9. The van der Waals surface area contributed by atoms with Gasteiger partial charge in [0.25, 0.3) is 0 Å². The largest absolute Gasteiger partial charge is 0.481 e. The normalized spacial score (nSPS) is 51.6. The van der Waals surface area contributed by atoms with Gasteiger partial charge < -0.3 is 59.4 Å². The highest BCUT2D eigenvalue weighted by atomic mass is 16.8. The maximum Gasteiger partial charge on any atom is 0.337 e. The Morgan fingerprint density at radius 1 is 0.772 bits per heavy atom. The second-order valence-electron chi connectivity index (χ2n) is 20.9. The maximum atomic E-state index is 13.1. The molecule has 6 fully saturated rings. The molecule has 14 heteroatoms. The van der Waals surface area contributed by atoms with E-state index in [0.717, 1.165) is 58.5 Å². The molecule has 5 aliphatic carbocycles. The summed E-state index contributed by atoms with van der Waals surface area (Å²) in [6.45, 7) is 15.6. The molecule has 7 N–H and O–H groups in total. The molecule has 14 nitrogen and oxygen atoms in total. The molecular weight excluding hydrogens is 740 g/mol. The molecule has 0 radical (unpaired) electrons. The molecule has 2 heterocycles. The lowest BCUT2D eigenvalue weighted by Crippen LogP contribution is -2.67. The number of rotatable bonds is 7. The van der Waals surface area contributed by atoms with Gasteiger partial charge in [-0.2, -0.15) is 0 Å². The van der Waals surface area contributed by atoms with Crippen molar-refractivity contribution in [3.63, 3.8) is 0 Å². The minimum atomic E-state index is -1.81. The molecule has 0 aromatic heterocycles. The van der Waals surface area contributed by atoms with Crippen LogP contribution in [0.5, 0.6) is 0 Å². The van der Waals surface area contributed by atoms with Gasteiger partial charge in [0.15, 0.2) is 18.7 Å². The summed E-state index contributed by atoms with van der Waals surface area (Å²) in [6, 6.07) is 0. The molecule has 0 aromatic carbocycles. The Kier molecular flexibility index (Phi) is 11.2. The topological polar surface area (TPSA) is 222 Å². The van der Waals surface area contributed by atoms with Crippen molar-refractivity contribution in [2.45, 2.75) is 180 Å². The van der Waals surface area contributed by atoms with E-state index in [9.17, 15) is 45.3 Å². The first-order chi connectivity index (χ1) is 26.5. The van der Waals surface area contributed by atoms with Crippen LogP contribution in [0.15, 0.2) is 11.6 Å². The van der Waals surface area contributed by atoms with Crippen LogP contribution in [0, 0.1) is 50.2 Å². The van der Waals surface area contributed by atoms with Gasteiger partial charge in [-0.25, -0.2) is 4.79 Å². The number of aliphatic carboxylic acids is 1. The average Bonchev–Trinajstić information content (AvgIpc) is 3.15. The third-order valence-corrected chi connectivity index (χ3v) is 17.4. The number of carboxylic acid groups (broad SMARTS) is 1. The average molecular weight is 809 g/mol. The Morgan fingerprint density at radius 3 is 2.11 bits per heavy atom. The minimum Gasteiger partial charge on any atom is -0.481 e. The predicted octanol–water partition coefficient (Wildman–Crippen LogP) is 3.06. The summed E-state index contributed by atoms with van der Waals surface area (Å²) in [5.41, 5.74) is 0.00600. The molecule has 7 aliphatic rings. The van der Waals surface area contributed by atoms with Crippen molar-refractivity contribution in [2.75, 3.05) is 13.7 Å². The van der Waals surface area contributed by atoms with Crippen molar-refractivity contribution in [1.82, 2.24) is 0 Å². The number of ether oxygens (including phenoxy) is 5. The van der Waals surface area contributed by atoms with E-state index in [4.69, 9.17) is 23.7 Å². The number of hydrogen-bond donors (Lipinski definition) is 7. The van der Waals surface area contributed by atoms with Gasteiger partial charge in [-0.3, -0.25) is 4.79 Å². The lowest BCUT2D eigenvalue weighted by Gasteiger charge is -2.71. The van der Waals surface area contributed by atoms with Crippen molar-refractivity contribution < 1.29 is 69.0 Å². The first-order valence-electron chi connectivity index (χ1n) is 21.2. The Balaban J connectivity index is 1.16. The summed E-state index contributed by atoms with van der Waals surface area (Å²) in [7, 11) is 1.13. The number of carboxylic acids is 1. The summed E-state index contributed by atoms with van der Waals surface area (Å²) in [5.74, 6) is -1.02. The molecule has 18 atom stereocenters. The van der Waals surface area contributed by atoms with E-state index in [1.54, 1.807) is 0 Å². The maximum absolute atomic E-state index is 13.1. The quantitative estimate of drug-likeness (QED) is 0.112. The first kappa shape index (κ1) is 43.4. The fourth-order valence-corrected chi connectivity index (χ4v) is 13.7.